The second-order valence-electron chi connectivity index (χ2n) is 3.31. The maximum atomic E-state index is 11.1. The van der Waals surface area contributed by atoms with Crippen LogP contribution in [0.3, 0.4) is 0 Å². The second kappa shape index (κ2) is 4.50. The number of sulfonamides is 1. The zero-order valence-corrected chi connectivity index (χ0v) is 8.85. The highest BCUT2D eigenvalue weighted by Crippen LogP contribution is 1.97. The molecule has 0 aliphatic rings. The number of nitrogens with one attached hydrogen (secondary N) is 1. The Morgan fingerprint density at radius 2 is 1.67 bits per heavy atom. The second-order valence-corrected chi connectivity index (χ2v) is 5.58. The van der Waals surface area contributed by atoms with Gasteiger partial charge in [-0.2, -0.15) is 0 Å². The summed E-state index contributed by atoms with van der Waals surface area (Å²) in [6.07, 6.45) is 3.29. The predicted octanol–water partition coefficient (Wildman–Crippen LogP) is 1.48. The van der Waals surface area contributed by atoms with Crippen LogP contribution in [0.25, 0.3) is 0 Å². The minimum absolute atomic E-state index is 0.361. The first kappa shape index (κ1) is 11.5. The Morgan fingerprint density at radius 3 is 2.00 bits per heavy atom. The van der Waals surface area contributed by atoms with E-state index in [9.17, 15) is 8.42 Å². The molecule has 0 saturated carbocycles. The third kappa shape index (κ3) is 4.38. The molecule has 0 aromatic carbocycles. The molecule has 3 nitrogen and oxygen atoms in total. The van der Waals surface area contributed by atoms with Gasteiger partial charge in [0.1, 0.15) is 0 Å². The van der Waals surface area contributed by atoms with Gasteiger partial charge in [0.25, 0.3) is 0 Å². The van der Waals surface area contributed by atoms with Crippen molar-refractivity contribution in [2.45, 2.75) is 32.9 Å². The third-order valence-electron chi connectivity index (χ3n) is 1.33. The van der Waals surface area contributed by atoms with Crippen LogP contribution in [0.15, 0.2) is 12.3 Å². The summed E-state index contributed by atoms with van der Waals surface area (Å²) in [5.74, 6) is 0.361. The van der Waals surface area contributed by atoms with E-state index in [-0.39, 0.29) is 5.25 Å². The third-order valence-corrected chi connectivity index (χ3v) is 3.04. The summed E-state index contributed by atoms with van der Waals surface area (Å²) in [5.41, 5.74) is 0. The maximum absolute atomic E-state index is 11.1. The highest BCUT2D eigenvalue weighted by molar-refractivity contribution is 7.90. The van der Waals surface area contributed by atoms with E-state index in [0.717, 1.165) is 0 Å². The lowest BCUT2D eigenvalue weighted by Crippen LogP contribution is -2.26. The molecule has 0 bridgehead atoms. The van der Waals surface area contributed by atoms with Crippen LogP contribution < -0.4 is 4.72 Å². The first-order valence-corrected chi connectivity index (χ1v) is 5.58. The van der Waals surface area contributed by atoms with Crippen LogP contribution in [0.2, 0.25) is 0 Å². The van der Waals surface area contributed by atoms with Gasteiger partial charge in [0.15, 0.2) is 0 Å². The Hall–Kier alpha value is -0.510. The van der Waals surface area contributed by atoms with E-state index in [1.165, 1.54) is 6.20 Å². The predicted molar refractivity (Wildman–Crippen MR) is 51.2 cm³/mol. The fourth-order valence-corrected chi connectivity index (χ4v) is 1.00. The molecule has 1 N–H and O–H groups in total. The highest BCUT2D eigenvalue weighted by atomic mass is 32.2. The molecule has 72 valence electrons. The van der Waals surface area contributed by atoms with Gasteiger partial charge in [0.2, 0.25) is 10.0 Å². The molecule has 0 saturated heterocycles. The minimum Gasteiger partial charge on any atom is -0.290 e. The van der Waals surface area contributed by atoms with Gasteiger partial charge in [-0.3, -0.25) is 4.72 Å². The smallest absolute Gasteiger partial charge is 0.234 e. The lowest BCUT2D eigenvalue weighted by atomic mass is 10.2. The van der Waals surface area contributed by atoms with E-state index in [0.29, 0.717) is 5.92 Å². The van der Waals surface area contributed by atoms with Crippen molar-refractivity contribution in [3.8, 4) is 0 Å². The van der Waals surface area contributed by atoms with Crippen LogP contribution in [0.1, 0.15) is 27.7 Å². The first-order chi connectivity index (χ1) is 5.36. The van der Waals surface area contributed by atoms with Crippen LogP contribution in [0.5, 0.6) is 0 Å². The summed E-state index contributed by atoms with van der Waals surface area (Å²) in [7, 11) is -3.13. The van der Waals surface area contributed by atoms with Gasteiger partial charge in [0, 0.05) is 6.20 Å². The summed E-state index contributed by atoms with van der Waals surface area (Å²) in [6.45, 7) is 7.26. The summed E-state index contributed by atoms with van der Waals surface area (Å²) < 4.78 is 24.7. The minimum atomic E-state index is -3.13. The topological polar surface area (TPSA) is 46.2 Å². The van der Waals surface area contributed by atoms with Crippen molar-refractivity contribution in [2.75, 3.05) is 0 Å². The quantitative estimate of drug-likeness (QED) is 0.731. The van der Waals surface area contributed by atoms with Crippen LogP contribution in [-0.4, -0.2) is 13.7 Å². The van der Waals surface area contributed by atoms with Crippen LogP contribution >= 0.6 is 0 Å². The molecular formula is C8H17NO2S. The largest absolute Gasteiger partial charge is 0.290 e. The molecule has 0 spiro atoms. The average molecular weight is 191 g/mol. The molecule has 0 aliphatic heterocycles. The van der Waals surface area contributed by atoms with Crippen LogP contribution in [-0.2, 0) is 10.0 Å². The van der Waals surface area contributed by atoms with E-state index < -0.39 is 10.0 Å². The molecule has 0 heterocycles. The fourth-order valence-electron chi connectivity index (χ4n) is 0.463. The average Bonchev–Trinajstić information content (AvgIpc) is 1.85. The molecule has 4 heteroatoms. The van der Waals surface area contributed by atoms with E-state index in [1.54, 1.807) is 19.9 Å². The van der Waals surface area contributed by atoms with Gasteiger partial charge in [0.05, 0.1) is 5.25 Å². The van der Waals surface area contributed by atoms with Crippen molar-refractivity contribution < 1.29 is 8.42 Å². The number of hydrogen-bond acceptors (Lipinski definition) is 2. The normalized spacial score (nSPS) is 13.2. The zero-order valence-electron chi connectivity index (χ0n) is 8.03. The summed E-state index contributed by atoms with van der Waals surface area (Å²) in [4.78, 5) is 0. The zero-order chi connectivity index (χ0) is 9.78. The summed E-state index contributed by atoms with van der Waals surface area (Å²) >= 11 is 0. The van der Waals surface area contributed by atoms with Crippen molar-refractivity contribution >= 4 is 10.0 Å². The Morgan fingerprint density at radius 1 is 1.17 bits per heavy atom. The monoisotopic (exact) mass is 191 g/mol. The van der Waals surface area contributed by atoms with Gasteiger partial charge in [-0.05, 0) is 19.8 Å². The molecule has 0 aliphatic carbocycles. The van der Waals surface area contributed by atoms with Crippen molar-refractivity contribution in [1.29, 1.82) is 0 Å². The van der Waals surface area contributed by atoms with E-state index in [1.807, 2.05) is 13.8 Å². The Labute approximate surface area is 74.9 Å². The molecule has 0 unspecified atom stereocenters. The van der Waals surface area contributed by atoms with Crippen LogP contribution in [0.4, 0.5) is 0 Å². The van der Waals surface area contributed by atoms with E-state index in [2.05, 4.69) is 4.72 Å². The molecule has 0 rings (SSSR count). The highest BCUT2D eigenvalue weighted by Gasteiger charge is 2.12. The van der Waals surface area contributed by atoms with Gasteiger partial charge >= 0.3 is 0 Å². The summed E-state index contributed by atoms with van der Waals surface area (Å²) in [5, 5.41) is -0.380. The molecule has 0 radical (unpaired) electrons. The molecule has 0 aromatic rings. The lowest BCUT2D eigenvalue weighted by molar-refractivity contribution is 0.581. The molecular weight excluding hydrogens is 174 g/mol. The van der Waals surface area contributed by atoms with Gasteiger partial charge < -0.3 is 0 Å². The Kier molecular flexibility index (Phi) is 4.31. The molecule has 0 atom stereocenters. The van der Waals surface area contributed by atoms with Gasteiger partial charge in [-0.25, -0.2) is 8.42 Å². The fraction of sp³-hybridized carbons (Fsp3) is 0.750. The SMILES string of the molecule is CC(C)/C=C/NS(=O)(=O)C(C)C. The number of allylic oxidation sites excluding steroid dienone is 1. The lowest BCUT2D eigenvalue weighted by Gasteiger charge is -2.06. The number of rotatable bonds is 4. The van der Waals surface area contributed by atoms with E-state index >= 15 is 0 Å². The summed E-state index contributed by atoms with van der Waals surface area (Å²) in [6, 6.07) is 0. The maximum Gasteiger partial charge on any atom is 0.234 e. The van der Waals surface area contributed by atoms with Crippen molar-refractivity contribution in [1.82, 2.24) is 4.72 Å². The van der Waals surface area contributed by atoms with E-state index in [4.69, 9.17) is 0 Å². The van der Waals surface area contributed by atoms with Crippen molar-refractivity contribution in [3.05, 3.63) is 12.3 Å². The van der Waals surface area contributed by atoms with Crippen LogP contribution in [0, 0.1) is 5.92 Å². The Bertz CT molecular complexity index is 240. The molecule has 0 aromatic heterocycles. The van der Waals surface area contributed by atoms with Gasteiger partial charge in [-0.15, -0.1) is 0 Å². The molecule has 0 fully saturated rings. The van der Waals surface area contributed by atoms with Gasteiger partial charge in [-0.1, -0.05) is 19.9 Å². The van der Waals surface area contributed by atoms with Crippen molar-refractivity contribution in [3.63, 3.8) is 0 Å². The molecule has 0 amide bonds. The standard InChI is InChI=1S/C8H17NO2S/c1-7(2)5-6-9-12(10,11)8(3)4/h5-9H,1-4H3/b6-5+. The Balaban J connectivity index is 4.11. The van der Waals surface area contributed by atoms with Crippen molar-refractivity contribution in [2.24, 2.45) is 5.92 Å². The first-order valence-electron chi connectivity index (χ1n) is 4.04. The number of hydrogen-bond donors (Lipinski definition) is 1. The molecule has 12 heavy (non-hydrogen) atoms.